The molecule has 0 bridgehead atoms. The predicted molar refractivity (Wildman–Crippen MR) is 82.4 cm³/mol. The summed E-state index contributed by atoms with van der Waals surface area (Å²) in [5, 5.41) is 11.0. The third-order valence-corrected chi connectivity index (χ3v) is 5.43. The molecule has 1 aromatic rings. The van der Waals surface area contributed by atoms with Crippen LogP contribution in [0.2, 0.25) is 0 Å². The zero-order chi connectivity index (χ0) is 17.5. The van der Waals surface area contributed by atoms with Crippen LogP contribution in [0.25, 0.3) is 0 Å². The first kappa shape index (κ1) is 16.6. The van der Waals surface area contributed by atoms with E-state index in [-0.39, 0.29) is 17.2 Å². The second-order valence-corrected chi connectivity index (χ2v) is 6.42. The zero-order valence-corrected chi connectivity index (χ0v) is 13.2. The second kappa shape index (κ2) is 5.99. The van der Waals surface area contributed by atoms with Gasteiger partial charge in [0.1, 0.15) is 0 Å². The molecule has 3 rings (SSSR count). The fourth-order valence-corrected chi connectivity index (χ4v) is 3.81. The average molecular weight is 340 g/mol. The first-order valence-electron chi connectivity index (χ1n) is 7.79. The fraction of sp³-hybridized carbons (Fsp3) is 0.562. The molecule has 1 saturated carbocycles. The molecule has 8 heteroatoms. The number of halogens is 2. The molecule has 2 aliphatic rings. The van der Waals surface area contributed by atoms with Crippen molar-refractivity contribution in [2.24, 2.45) is 11.3 Å². The molecule has 0 spiro atoms. The van der Waals surface area contributed by atoms with Gasteiger partial charge in [-0.1, -0.05) is 0 Å². The Balaban J connectivity index is 1.92. The van der Waals surface area contributed by atoms with Gasteiger partial charge in [-0.25, -0.2) is 13.6 Å². The highest BCUT2D eigenvalue weighted by Crippen LogP contribution is 2.56. The predicted octanol–water partition coefficient (Wildman–Crippen LogP) is 3.25. The summed E-state index contributed by atoms with van der Waals surface area (Å²) in [5.41, 5.74) is -0.474. The highest BCUT2D eigenvalue weighted by atomic mass is 19.3. The first-order valence-corrected chi connectivity index (χ1v) is 7.79. The number of nitro groups is 1. The maximum atomic E-state index is 13.4. The summed E-state index contributed by atoms with van der Waals surface area (Å²) in [4.78, 5) is 24.2. The smallest absolute Gasteiger partial charge is 0.339 e. The van der Waals surface area contributed by atoms with Crippen molar-refractivity contribution in [3.8, 4) is 0 Å². The summed E-state index contributed by atoms with van der Waals surface area (Å²) in [6, 6.07) is 3.92. The number of benzene rings is 1. The summed E-state index contributed by atoms with van der Waals surface area (Å²) in [6.45, 7) is 0.710. The summed E-state index contributed by atoms with van der Waals surface area (Å²) in [6.07, 6.45) is -0.812. The highest BCUT2D eigenvalue weighted by molar-refractivity contribution is 5.96. The van der Waals surface area contributed by atoms with Gasteiger partial charge in [0, 0.05) is 30.6 Å². The lowest BCUT2D eigenvalue weighted by Crippen LogP contribution is -2.56. The molecule has 1 aliphatic carbocycles. The van der Waals surface area contributed by atoms with Crippen LogP contribution in [0, 0.1) is 21.4 Å². The van der Waals surface area contributed by atoms with Crippen LogP contribution in [0.3, 0.4) is 0 Å². The Morgan fingerprint density at radius 2 is 2.21 bits per heavy atom. The van der Waals surface area contributed by atoms with E-state index in [4.69, 9.17) is 4.74 Å². The minimum atomic E-state index is -2.36. The van der Waals surface area contributed by atoms with Gasteiger partial charge in [0.25, 0.3) is 5.69 Å². The monoisotopic (exact) mass is 340 g/mol. The molecule has 6 nitrogen and oxygen atoms in total. The van der Waals surface area contributed by atoms with E-state index < -0.39 is 22.7 Å². The largest absolute Gasteiger partial charge is 0.465 e. The molecule has 0 amide bonds. The van der Waals surface area contributed by atoms with E-state index in [2.05, 4.69) is 0 Å². The zero-order valence-electron chi connectivity index (χ0n) is 13.2. The van der Waals surface area contributed by atoms with Crippen LogP contribution in [0.5, 0.6) is 0 Å². The van der Waals surface area contributed by atoms with E-state index in [0.717, 1.165) is 0 Å². The normalized spacial score (nSPS) is 25.8. The van der Waals surface area contributed by atoms with E-state index >= 15 is 0 Å². The molecule has 0 N–H and O–H groups in total. The number of nitro benzene ring substituents is 1. The SMILES string of the molecule is COC(=O)c1ccc([N+](=O)[O-])cc1N1CC[C@]2(C(F)F)CC[C@@H]2C1. The summed E-state index contributed by atoms with van der Waals surface area (Å²) in [7, 11) is 1.23. The number of hydrogen-bond donors (Lipinski definition) is 0. The average Bonchev–Trinajstić information content (AvgIpc) is 2.54. The van der Waals surface area contributed by atoms with Gasteiger partial charge in [0.05, 0.1) is 23.3 Å². The number of hydrogen-bond acceptors (Lipinski definition) is 5. The molecule has 1 aliphatic heterocycles. The van der Waals surface area contributed by atoms with E-state index in [1.54, 1.807) is 4.90 Å². The number of piperidine rings is 1. The topological polar surface area (TPSA) is 72.7 Å². The molecule has 0 aromatic heterocycles. The number of esters is 1. The summed E-state index contributed by atoms with van der Waals surface area (Å²) >= 11 is 0. The number of ether oxygens (including phenoxy) is 1. The van der Waals surface area contributed by atoms with Gasteiger partial charge in [0.15, 0.2) is 0 Å². The van der Waals surface area contributed by atoms with Gasteiger partial charge in [-0.15, -0.1) is 0 Å². The van der Waals surface area contributed by atoms with Crippen LogP contribution >= 0.6 is 0 Å². The maximum Gasteiger partial charge on any atom is 0.339 e. The van der Waals surface area contributed by atoms with Gasteiger partial charge in [-0.05, 0) is 31.2 Å². The van der Waals surface area contributed by atoms with Crippen molar-refractivity contribution in [3.05, 3.63) is 33.9 Å². The van der Waals surface area contributed by atoms with Crippen LogP contribution in [-0.2, 0) is 4.74 Å². The van der Waals surface area contributed by atoms with Crippen LogP contribution in [0.15, 0.2) is 18.2 Å². The van der Waals surface area contributed by atoms with Crippen molar-refractivity contribution in [2.75, 3.05) is 25.1 Å². The molecule has 1 aromatic carbocycles. The van der Waals surface area contributed by atoms with Crippen molar-refractivity contribution < 1.29 is 23.2 Å². The highest BCUT2D eigenvalue weighted by Gasteiger charge is 2.55. The quantitative estimate of drug-likeness (QED) is 0.478. The van der Waals surface area contributed by atoms with Gasteiger partial charge in [0.2, 0.25) is 6.43 Å². The molecule has 0 unspecified atom stereocenters. The molecule has 1 heterocycles. The van der Waals surface area contributed by atoms with Crippen LogP contribution in [0.1, 0.15) is 29.6 Å². The summed E-state index contributed by atoms with van der Waals surface area (Å²) in [5.74, 6) is -0.754. The maximum absolute atomic E-state index is 13.4. The van der Waals surface area contributed by atoms with Gasteiger partial charge in [-0.2, -0.15) is 0 Å². The standard InChI is InChI=1S/C16H18F2N2O4/c1-24-14(21)12-3-2-11(20(22)23)8-13(12)19-7-6-16(15(17)18)5-4-10(16)9-19/h2-3,8,10,15H,4-7,9H2,1H3/t10-,16-/m1/s1. The Bertz CT molecular complexity index is 682. The molecule has 24 heavy (non-hydrogen) atoms. The van der Waals surface area contributed by atoms with E-state index in [1.165, 1.54) is 25.3 Å². The lowest BCUT2D eigenvalue weighted by molar-refractivity contribution is -0.384. The second-order valence-electron chi connectivity index (χ2n) is 6.42. The molecule has 2 fully saturated rings. The third kappa shape index (κ3) is 2.50. The molecular weight excluding hydrogens is 322 g/mol. The number of alkyl halides is 2. The fourth-order valence-electron chi connectivity index (χ4n) is 3.81. The summed E-state index contributed by atoms with van der Waals surface area (Å²) < 4.78 is 31.5. The van der Waals surface area contributed by atoms with Crippen LogP contribution in [0.4, 0.5) is 20.2 Å². The van der Waals surface area contributed by atoms with Crippen molar-refractivity contribution in [1.82, 2.24) is 0 Å². The molecule has 0 radical (unpaired) electrons. The number of nitrogens with zero attached hydrogens (tertiary/aromatic N) is 2. The van der Waals surface area contributed by atoms with E-state index in [0.29, 0.717) is 38.0 Å². The number of fused-ring (bicyclic) bond motifs is 1. The first-order chi connectivity index (χ1) is 11.4. The number of anilines is 1. The van der Waals surface area contributed by atoms with E-state index in [1.807, 2.05) is 0 Å². The Hall–Kier alpha value is -2.25. The van der Waals surface area contributed by atoms with Gasteiger partial charge >= 0.3 is 5.97 Å². The number of carbonyl (C=O) groups excluding carboxylic acids is 1. The Kier molecular flexibility index (Phi) is 4.15. The Morgan fingerprint density at radius 1 is 1.46 bits per heavy atom. The minimum Gasteiger partial charge on any atom is -0.465 e. The molecule has 2 atom stereocenters. The van der Waals surface area contributed by atoms with Crippen LogP contribution < -0.4 is 4.90 Å². The Morgan fingerprint density at radius 3 is 2.71 bits per heavy atom. The molecule has 130 valence electrons. The molecular formula is C16H18F2N2O4. The number of carbonyl (C=O) groups is 1. The number of methoxy groups -OCH3 is 1. The van der Waals surface area contributed by atoms with Gasteiger partial charge < -0.3 is 9.64 Å². The number of non-ortho nitro benzene ring substituents is 1. The van der Waals surface area contributed by atoms with Crippen molar-refractivity contribution in [1.29, 1.82) is 0 Å². The third-order valence-electron chi connectivity index (χ3n) is 5.43. The van der Waals surface area contributed by atoms with E-state index in [9.17, 15) is 23.7 Å². The van der Waals surface area contributed by atoms with Gasteiger partial charge in [-0.3, -0.25) is 10.1 Å². The minimum absolute atomic E-state index is 0.142. The van der Waals surface area contributed by atoms with Crippen molar-refractivity contribution in [3.63, 3.8) is 0 Å². The lowest BCUT2D eigenvalue weighted by Gasteiger charge is -2.55. The van der Waals surface area contributed by atoms with Crippen molar-refractivity contribution in [2.45, 2.75) is 25.7 Å². The Labute approximate surface area is 137 Å². The number of rotatable bonds is 4. The van der Waals surface area contributed by atoms with Crippen molar-refractivity contribution >= 4 is 17.3 Å². The molecule has 1 saturated heterocycles. The lowest BCUT2D eigenvalue weighted by atomic mass is 9.56. The van der Waals surface area contributed by atoms with Crippen LogP contribution in [-0.4, -0.2) is 37.5 Å².